The number of methoxy groups -OCH3 is 3. The van der Waals surface area contributed by atoms with Gasteiger partial charge in [-0.2, -0.15) is 5.06 Å². The lowest BCUT2D eigenvalue weighted by Gasteiger charge is -2.24. The van der Waals surface area contributed by atoms with Crippen LogP contribution < -0.4 is 14.2 Å². The molecule has 1 saturated heterocycles. The molecule has 2 unspecified atom stereocenters. The van der Waals surface area contributed by atoms with Gasteiger partial charge in [0.1, 0.15) is 5.25 Å². The first-order valence-electron chi connectivity index (χ1n) is 7.49. The van der Waals surface area contributed by atoms with Crippen LogP contribution in [0.2, 0.25) is 0 Å². The average Bonchev–Trinajstić information content (AvgIpc) is 2.96. The number of nitrogens with zero attached hydrogens (tertiary/aromatic N) is 1. The van der Waals surface area contributed by atoms with Gasteiger partial charge in [-0.1, -0.05) is 6.07 Å². The molecule has 1 aromatic carbocycles. The van der Waals surface area contributed by atoms with Gasteiger partial charge in [-0.25, -0.2) is 13.1 Å². The second-order valence-electron chi connectivity index (χ2n) is 5.37. The van der Waals surface area contributed by atoms with Crippen LogP contribution in [0, 0.1) is 0 Å². The van der Waals surface area contributed by atoms with E-state index in [1.165, 1.54) is 14.2 Å². The molecule has 24 heavy (non-hydrogen) atoms. The molecule has 136 valence electrons. The largest absolute Gasteiger partial charge is 0.493 e. The molecule has 0 aliphatic carbocycles. The van der Waals surface area contributed by atoms with Crippen LogP contribution in [0.15, 0.2) is 18.2 Å². The fraction of sp³-hybridized carbons (Fsp3) is 0.600. The molecule has 0 amide bonds. The van der Waals surface area contributed by atoms with Gasteiger partial charge >= 0.3 is 0 Å². The number of rotatable bonds is 8. The van der Waals surface area contributed by atoms with Crippen LogP contribution in [0.4, 0.5) is 0 Å². The number of benzene rings is 1. The third-order valence-electron chi connectivity index (χ3n) is 3.94. The van der Waals surface area contributed by atoms with E-state index in [0.717, 1.165) is 5.56 Å². The summed E-state index contributed by atoms with van der Waals surface area (Å²) in [7, 11) is 2.76. The Kier molecular flexibility index (Phi) is 6.41. The van der Waals surface area contributed by atoms with Gasteiger partial charge in [-0.3, -0.25) is 4.84 Å². The summed E-state index contributed by atoms with van der Waals surface area (Å²) >= 11 is 0. The van der Waals surface area contributed by atoms with Crippen molar-refractivity contribution in [1.82, 2.24) is 9.79 Å². The lowest BCUT2D eigenvalue weighted by Crippen LogP contribution is -2.40. The molecule has 2 rings (SSSR count). The van der Waals surface area contributed by atoms with Crippen LogP contribution in [0.25, 0.3) is 0 Å². The number of nitrogens with one attached hydrogen (secondary N) is 1. The van der Waals surface area contributed by atoms with Gasteiger partial charge in [0.2, 0.25) is 10.0 Å². The van der Waals surface area contributed by atoms with E-state index < -0.39 is 21.3 Å². The quantitative estimate of drug-likeness (QED) is 0.678. The fourth-order valence-electron chi connectivity index (χ4n) is 2.71. The topological polar surface area (TPSA) is 86.3 Å². The minimum atomic E-state index is -3.57. The number of ether oxygens (including phenoxy) is 3. The summed E-state index contributed by atoms with van der Waals surface area (Å²) in [6.07, 6.45) is 0. The average molecular weight is 360 g/mol. The predicted octanol–water partition coefficient (Wildman–Crippen LogP) is 0.556. The van der Waals surface area contributed by atoms with Crippen LogP contribution in [0.5, 0.6) is 11.5 Å². The Labute approximate surface area is 142 Å². The summed E-state index contributed by atoms with van der Waals surface area (Å²) in [6, 6.07) is 4.88. The smallest absolute Gasteiger partial charge is 0.218 e. The zero-order chi connectivity index (χ0) is 17.7. The Bertz CT molecular complexity index is 651. The Hall–Kier alpha value is -1.39. The van der Waals surface area contributed by atoms with Crippen LogP contribution in [-0.2, 0) is 19.6 Å². The molecule has 1 aliphatic heterocycles. The van der Waals surface area contributed by atoms with E-state index in [9.17, 15) is 8.42 Å². The van der Waals surface area contributed by atoms with Crippen molar-refractivity contribution in [3.8, 4) is 11.5 Å². The molecule has 1 aliphatic rings. The van der Waals surface area contributed by atoms with Gasteiger partial charge in [0.05, 0.1) is 33.5 Å². The van der Waals surface area contributed by atoms with Gasteiger partial charge < -0.3 is 14.2 Å². The zero-order valence-corrected chi connectivity index (χ0v) is 15.1. The standard InChI is InChI=1S/C15H24N2O6S/c1-17-15(11-5-6-12(21-3)13(9-11)22-4)14(10-23-17)24(18,19)16-7-8-20-2/h5-6,9,14-16H,7-8,10H2,1-4H3. The van der Waals surface area contributed by atoms with Crippen molar-refractivity contribution in [1.29, 1.82) is 0 Å². The van der Waals surface area contributed by atoms with E-state index in [1.807, 2.05) is 6.07 Å². The normalized spacial score (nSPS) is 21.8. The molecule has 0 aromatic heterocycles. The van der Waals surface area contributed by atoms with Gasteiger partial charge in [-0.05, 0) is 17.7 Å². The van der Waals surface area contributed by atoms with E-state index in [2.05, 4.69) is 4.72 Å². The van der Waals surface area contributed by atoms with Crippen molar-refractivity contribution in [2.24, 2.45) is 0 Å². The van der Waals surface area contributed by atoms with Crippen LogP contribution >= 0.6 is 0 Å². The second kappa shape index (κ2) is 8.13. The summed E-state index contributed by atoms with van der Waals surface area (Å²) in [5.74, 6) is 1.12. The molecule has 0 spiro atoms. The highest BCUT2D eigenvalue weighted by molar-refractivity contribution is 7.90. The molecule has 1 fully saturated rings. The number of hydrogen-bond acceptors (Lipinski definition) is 7. The molecule has 0 saturated carbocycles. The van der Waals surface area contributed by atoms with Gasteiger partial charge in [0.25, 0.3) is 0 Å². The fourth-order valence-corrected chi connectivity index (χ4v) is 4.20. The van der Waals surface area contributed by atoms with Crippen molar-refractivity contribution >= 4 is 10.0 Å². The summed E-state index contributed by atoms with van der Waals surface area (Å²) < 4.78 is 43.1. The monoisotopic (exact) mass is 360 g/mol. The summed E-state index contributed by atoms with van der Waals surface area (Å²) in [6.45, 7) is 0.610. The van der Waals surface area contributed by atoms with Crippen molar-refractivity contribution in [2.75, 3.05) is 48.1 Å². The van der Waals surface area contributed by atoms with E-state index >= 15 is 0 Å². The van der Waals surface area contributed by atoms with Gasteiger partial charge in [-0.15, -0.1) is 0 Å². The summed E-state index contributed by atoms with van der Waals surface area (Å²) in [4.78, 5) is 5.47. The third kappa shape index (κ3) is 3.98. The first-order chi connectivity index (χ1) is 11.4. The highest BCUT2D eigenvalue weighted by Gasteiger charge is 2.43. The number of hydrogen-bond donors (Lipinski definition) is 1. The molecule has 1 heterocycles. The molecule has 9 heteroatoms. The predicted molar refractivity (Wildman–Crippen MR) is 88.6 cm³/mol. The van der Waals surface area contributed by atoms with Crippen molar-refractivity contribution < 1.29 is 27.5 Å². The number of sulfonamides is 1. The first-order valence-corrected chi connectivity index (χ1v) is 9.04. The van der Waals surface area contributed by atoms with E-state index in [0.29, 0.717) is 18.1 Å². The second-order valence-corrected chi connectivity index (χ2v) is 7.36. The van der Waals surface area contributed by atoms with E-state index in [-0.39, 0.29) is 13.2 Å². The molecule has 1 N–H and O–H groups in total. The molecular weight excluding hydrogens is 336 g/mol. The summed E-state index contributed by atoms with van der Waals surface area (Å²) in [5, 5.41) is 0.819. The molecule has 8 nitrogen and oxygen atoms in total. The maximum atomic E-state index is 12.6. The maximum absolute atomic E-state index is 12.6. The first kappa shape index (κ1) is 18.9. The Morgan fingerprint density at radius 2 is 1.96 bits per heavy atom. The van der Waals surface area contributed by atoms with Crippen molar-refractivity contribution in [3.63, 3.8) is 0 Å². The minimum absolute atomic E-state index is 0.0812. The van der Waals surface area contributed by atoms with Crippen molar-refractivity contribution in [2.45, 2.75) is 11.3 Å². The summed E-state index contributed by atoms with van der Waals surface area (Å²) in [5.41, 5.74) is 0.773. The number of hydroxylamine groups is 2. The highest BCUT2D eigenvalue weighted by atomic mass is 32.2. The van der Waals surface area contributed by atoms with E-state index in [4.69, 9.17) is 19.0 Å². The van der Waals surface area contributed by atoms with E-state index in [1.54, 1.807) is 31.4 Å². The molecule has 0 bridgehead atoms. The lowest BCUT2D eigenvalue weighted by atomic mass is 10.0. The van der Waals surface area contributed by atoms with Crippen LogP contribution in [0.1, 0.15) is 11.6 Å². The van der Waals surface area contributed by atoms with Crippen molar-refractivity contribution in [3.05, 3.63) is 23.8 Å². The Balaban J connectivity index is 2.29. The lowest BCUT2D eigenvalue weighted by molar-refractivity contribution is -0.110. The SMILES string of the molecule is COCCNS(=O)(=O)C1CON(C)C1c1ccc(OC)c(OC)c1. The zero-order valence-electron chi connectivity index (χ0n) is 14.3. The Morgan fingerprint density at radius 1 is 1.25 bits per heavy atom. The molecular formula is C15H24N2O6S. The minimum Gasteiger partial charge on any atom is -0.493 e. The van der Waals surface area contributed by atoms with Crippen LogP contribution in [-0.4, -0.2) is 66.9 Å². The third-order valence-corrected chi connectivity index (χ3v) is 5.74. The molecule has 1 aromatic rings. The van der Waals surface area contributed by atoms with Crippen LogP contribution in [0.3, 0.4) is 0 Å². The Morgan fingerprint density at radius 3 is 2.58 bits per heavy atom. The highest BCUT2D eigenvalue weighted by Crippen LogP contribution is 2.37. The molecule has 0 radical (unpaired) electrons. The van der Waals surface area contributed by atoms with Gasteiger partial charge in [0.15, 0.2) is 11.5 Å². The van der Waals surface area contributed by atoms with Gasteiger partial charge in [0, 0.05) is 20.7 Å². The molecule has 2 atom stereocenters. The maximum Gasteiger partial charge on any atom is 0.218 e.